The van der Waals surface area contributed by atoms with Crippen LogP contribution >= 0.6 is 0 Å². The van der Waals surface area contributed by atoms with E-state index < -0.39 is 17.6 Å². The molecule has 0 radical (unpaired) electrons. The van der Waals surface area contributed by atoms with E-state index >= 15 is 0 Å². The van der Waals surface area contributed by atoms with Crippen molar-refractivity contribution in [3.05, 3.63) is 82.5 Å². The predicted molar refractivity (Wildman–Crippen MR) is 118 cm³/mol. The number of rotatable bonds is 6. The molecule has 0 bridgehead atoms. The molecule has 1 N–H and O–H groups in total. The third-order valence-corrected chi connectivity index (χ3v) is 4.80. The number of aryl methyl sites for hydroxylation is 1. The minimum atomic E-state index is -0.538. The van der Waals surface area contributed by atoms with Crippen LogP contribution in [0, 0.1) is 6.92 Å². The third kappa shape index (κ3) is 4.13. The van der Waals surface area contributed by atoms with Crippen LogP contribution in [0.2, 0.25) is 0 Å². The van der Waals surface area contributed by atoms with E-state index in [0.29, 0.717) is 22.9 Å². The highest BCUT2D eigenvalue weighted by Crippen LogP contribution is 2.18. The van der Waals surface area contributed by atoms with E-state index in [4.69, 9.17) is 4.74 Å². The molecule has 0 unspecified atom stereocenters. The number of carbonyl (C=O) groups is 2. The molecule has 1 amide bonds. The highest BCUT2D eigenvalue weighted by molar-refractivity contribution is 6.01. The lowest BCUT2D eigenvalue weighted by Gasteiger charge is -2.10. The van der Waals surface area contributed by atoms with Crippen LogP contribution in [0.15, 0.2) is 65.5 Å². The summed E-state index contributed by atoms with van der Waals surface area (Å²) in [4.78, 5) is 42.1. The van der Waals surface area contributed by atoms with Gasteiger partial charge in [0, 0.05) is 11.6 Å². The average Bonchev–Trinajstić information content (AvgIpc) is 3.10. The fourth-order valence-electron chi connectivity index (χ4n) is 3.37. The van der Waals surface area contributed by atoms with Gasteiger partial charge in [-0.25, -0.2) is 23.7 Å². The number of nitrogens with zero attached hydrogens (tertiary/aromatic N) is 4. The predicted octanol–water partition coefficient (Wildman–Crippen LogP) is 2.68. The van der Waals surface area contributed by atoms with Crippen molar-refractivity contribution in [1.82, 2.24) is 19.2 Å². The minimum absolute atomic E-state index is 0.218. The summed E-state index contributed by atoms with van der Waals surface area (Å²) < 4.78 is 7.44. The van der Waals surface area contributed by atoms with E-state index in [1.54, 1.807) is 44.2 Å². The molecule has 0 atom stereocenters. The van der Waals surface area contributed by atoms with Crippen molar-refractivity contribution in [2.75, 3.05) is 11.9 Å². The van der Waals surface area contributed by atoms with Crippen LogP contribution in [-0.2, 0) is 16.1 Å². The number of hydrogen-bond donors (Lipinski definition) is 1. The molecule has 0 saturated carbocycles. The van der Waals surface area contributed by atoms with Crippen molar-refractivity contribution >= 4 is 23.2 Å². The number of para-hydroxylation sites is 1. The summed E-state index contributed by atoms with van der Waals surface area (Å²) in [5.41, 5.74) is 2.03. The van der Waals surface area contributed by atoms with E-state index in [2.05, 4.69) is 15.4 Å². The van der Waals surface area contributed by atoms with Gasteiger partial charge in [0.2, 0.25) is 5.91 Å². The van der Waals surface area contributed by atoms with Crippen LogP contribution in [0.3, 0.4) is 0 Å². The van der Waals surface area contributed by atoms with Crippen molar-refractivity contribution in [3.63, 3.8) is 0 Å². The van der Waals surface area contributed by atoms with Gasteiger partial charge < -0.3 is 10.1 Å². The zero-order chi connectivity index (χ0) is 22.7. The summed E-state index contributed by atoms with van der Waals surface area (Å²) in [6.07, 6.45) is 0. The van der Waals surface area contributed by atoms with Gasteiger partial charge in [-0.2, -0.15) is 0 Å². The second-order valence-electron chi connectivity index (χ2n) is 7.00. The Morgan fingerprint density at radius 3 is 2.53 bits per heavy atom. The number of hydrogen-bond acceptors (Lipinski definition) is 6. The molecule has 4 rings (SSSR count). The Morgan fingerprint density at radius 2 is 1.78 bits per heavy atom. The molecule has 2 heterocycles. The van der Waals surface area contributed by atoms with Crippen LogP contribution in [0.1, 0.15) is 23.1 Å². The first-order valence-electron chi connectivity index (χ1n) is 10.1. The molecule has 0 saturated heterocycles. The lowest BCUT2D eigenvalue weighted by molar-refractivity contribution is -0.117. The molecule has 2 aromatic heterocycles. The zero-order valence-corrected chi connectivity index (χ0v) is 17.6. The Balaban J connectivity index is 1.61. The summed E-state index contributed by atoms with van der Waals surface area (Å²) in [6.45, 7) is 3.31. The molecule has 0 aliphatic carbocycles. The molecule has 0 aliphatic heterocycles. The number of nitrogens with one attached hydrogen (secondary N) is 1. The van der Waals surface area contributed by atoms with Crippen molar-refractivity contribution in [2.45, 2.75) is 20.4 Å². The first kappa shape index (κ1) is 21.0. The zero-order valence-electron chi connectivity index (χ0n) is 17.6. The Labute approximate surface area is 183 Å². The van der Waals surface area contributed by atoms with Gasteiger partial charge in [-0.3, -0.25) is 4.79 Å². The summed E-state index contributed by atoms with van der Waals surface area (Å²) in [6, 6.07) is 17.8. The molecule has 9 heteroatoms. The molecular weight excluding hydrogens is 410 g/mol. The van der Waals surface area contributed by atoms with Crippen LogP contribution < -0.4 is 11.0 Å². The Bertz CT molecular complexity index is 1360. The van der Waals surface area contributed by atoms with Gasteiger partial charge in [0.25, 0.3) is 0 Å². The highest BCUT2D eigenvalue weighted by Gasteiger charge is 2.17. The molecule has 0 fully saturated rings. The average molecular weight is 431 g/mol. The highest BCUT2D eigenvalue weighted by atomic mass is 16.5. The number of anilines is 1. The number of ether oxygens (including phenoxy) is 1. The fourth-order valence-corrected chi connectivity index (χ4v) is 3.37. The maximum atomic E-state index is 12.8. The molecule has 9 nitrogen and oxygen atoms in total. The molecule has 32 heavy (non-hydrogen) atoms. The molecule has 2 aromatic carbocycles. The first-order chi connectivity index (χ1) is 15.5. The lowest BCUT2D eigenvalue weighted by Crippen LogP contribution is -2.29. The van der Waals surface area contributed by atoms with Gasteiger partial charge in [0.05, 0.1) is 23.6 Å². The fraction of sp³-hybridized carbons (Fsp3) is 0.174. The standard InChI is InChI=1S/C23H21N5O4/c1-3-32-22(30)17-11-7-8-12-18(17)25-21(29)14-27-23(31)28-15(2)24-19(13-20(28)26-27)16-9-5-4-6-10-16/h4-13H,3,14H2,1-2H3,(H,25,29). The number of aromatic nitrogens is 4. The van der Waals surface area contributed by atoms with Crippen molar-refractivity contribution in [2.24, 2.45) is 0 Å². The number of esters is 1. The van der Waals surface area contributed by atoms with Gasteiger partial charge in [0.1, 0.15) is 12.4 Å². The molecule has 162 valence electrons. The van der Waals surface area contributed by atoms with Crippen LogP contribution in [0.4, 0.5) is 5.69 Å². The lowest BCUT2D eigenvalue weighted by atomic mass is 10.1. The minimum Gasteiger partial charge on any atom is -0.462 e. The van der Waals surface area contributed by atoms with E-state index in [1.165, 1.54) is 4.40 Å². The largest absolute Gasteiger partial charge is 0.462 e. The second kappa shape index (κ2) is 8.84. The Kier molecular flexibility index (Phi) is 5.80. The van der Waals surface area contributed by atoms with Gasteiger partial charge in [-0.05, 0) is 26.0 Å². The molecule has 0 aliphatic rings. The Morgan fingerprint density at radius 1 is 1.06 bits per heavy atom. The van der Waals surface area contributed by atoms with Crippen LogP contribution in [0.5, 0.6) is 0 Å². The molecule has 0 spiro atoms. The quantitative estimate of drug-likeness (QED) is 0.471. The van der Waals surface area contributed by atoms with Gasteiger partial charge in [-0.15, -0.1) is 5.10 Å². The van der Waals surface area contributed by atoms with Crippen molar-refractivity contribution in [3.8, 4) is 11.3 Å². The second-order valence-corrected chi connectivity index (χ2v) is 7.00. The van der Waals surface area contributed by atoms with Gasteiger partial charge in [0.15, 0.2) is 5.65 Å². The maximum absolute atomic E-state index is 12.8. The molecular formula is C23H21N5O4. The summed E-state index contributed by atoms with van der Waals surface area (Å²) in [7, 11) is 0. The summed E-state index contributed by atoms with van der Waals surface area (Å²) in [5, 5.41) is 6.96. The molecule has 4 aromatic rings. The van der Waals surface area contributed by atoms with Crippen molar-refractivity contribution < 1.29 is 14.3 Å². The number of carbonyl (C=O) groups excluding carboxylic acids is 2. The normalized spacial score (nSPS) is 10.8. The number of amides is 1. The maximum Gasteiger partial charge on any atom is 0.352 e. The smallest absolute Gasteiger partial charge is 0.352 e. The van der Waals surface area contributed by atoms with Crippen LogP contribution in [-0.4, -0.2) is 37.6 Å². The monoisotopic (exact) mass is 431 g/mol. The topological polar surface area (TPSA) is 108 Å². The summed E-state index contributed by atoms with van der Waals surface area (Å²) >= 11 is 0. The van der Waals surface area contributed by atoms with Gasteiger partial charge in [-0.1, -0.05) is 42.5 Å². The van der Waals surface area contributed by atoms with E-state index in [-0.39, 0.29) is 18.7 Å². The number of benzene rings is 2. The SMILES string of the molecule is CCOC(=O)c1ccccc1NC(=O)Cn1nc2cc(-c3ccccc3)nc(C)n2c1=O. The van der Waals surface area contributed by atoms with E-state index in [0.717, 1.165) is 10.2 Å². The summed E-state index contributed by atoms with van der Waals surface area (Å²) in [5.74, 6) is -0.574. The van der Waals surface area contributed by atoms with Crippen molar-refractivity contribution in [1.29, 1.82) is 0 Å². The van der Waals surface area contributed by atoms with Gasteiger partial charge >= 0.3 is 11.7 Å². The van der Waals surface area contributed by atoms with E-state index in [9.17, 15) is 14.4 Å². The Hall–Kier alpha value is -4.27. The van der Waals surface area contributed by atoms with Crippen LogP contribution in [0.25, 0.3) is 16.9 Å². The van der Waals surface area contributed by atoms with E-state index in [1.807, 2.05) is 30.3 Å². The third-order valence-electron chi connectivity index (χ3n) is 4.80. The number of fused-ring (bicyclic) bond motifs is 1. The first-order valence-corrected chi connectivity index (χ1v) is 10.1.